The topological polar surface area (TPSA) is 64.7 Å². The number of hydrogen-bond donors (Lipinski definition) is 1. The van der Waals surface area contributed by atoms with Gasteiger partial charge in [-0.3, -0.25) is 9.97 Å². The lowest BCUT2D eigenvalue weighted by Gasteiger charge is -2.05. The zero-order valence-electron chi connectivity index (χ0n) is 7.59. The van der Waals surface area contributed by atoms with Crippen LogP contribution in [0.1, 0.15) is 0 Å². The highest BCUT2D eigenvalue weighted by Gasteiger charge is 2.07. The Morgan fingerprint density at radius 2 is 2.00 bits per heavy atom. The summed E-state index contributed by atoms with van der Waals surface area (Å²) in [6.45, 7) is 0. The van der Waals surface area contributed by atoms with Crippen molar-refractivity contribution in [1.29, 1.82) is 0 Å². The highest BCUT2D eigenvalue weighted by molar-refractivity contribution is 9.10. The molecule has 15 heavy (non-hydrogen) atoms. The number of nitrogen functional groups attached to an aromatic ring is 1. The predicted octanol–water partition coefficient (Wildman–Crippen LogP) is 2.37. The second kappa shape index (κ2) is 4.59. The Labute approximate surface area is 99.5 Å². The van der Waals surface area contributed by atoms with Gasteiger partial charge in [-0.05, 0) is 15.9 Å². The van der Waals surface area contributed by atoms with E-state index >= 15 is 0 Å². The summed E-state index contributed by atoms with van der Waals surface area (Å²) in [5, 5.41) is 0.802. The van der Waals surface area contributed by atoms with E-state index in [2.05, 4.69) is 30.9 Å². The van der Waals surface area contributed by atoms with Crippen LogP contribution in [-0.2, 0) is 0 Å². The molecule has 0 aromatic carbocycles. The lowest BCUT2D eigenvalue weighted by Crippen LogP contribution is -1.91. The molecule has 6 heteroatoms. The lowest BCUT2D eigenvalue weighted by molar-refractivity contribution is 1.05. The second-order valence-corrected chi connectivity index (χ2v) is 4.57. The Balaban J connectivity index is 2.32. The lowest BCUT2D eigenvalue weighted by atomic mass is 10.4. The summed E-state index contributed by atoms with van der Waals surface area (Å²) in [6.07, 6.45) is 8.29. The van der Waals surface area contributed by atoms with Gasteiger partial charge in [0.25, 0.3) is 0 Å². The van der Waals surface area contributed by atoms with Crippen molar-refractivity contribution < 1.29 is 0 Å². The van der Waals surface area contributed by atoms with E-state index in [0.717, 1.165) is 14.4 Å². The minimum atomic E-state index is 0.625. The SMILES string of the molecule is Nc1cncc(Br)c1Sc1cnccn1. The number of nitrogens with two attached hydrogens (primary N) is 1. The minimum Gasteiger partial charge on any atom is -0.397 e. The van der Waals surface area contributed by atoms with E-state index < -0.39 is 0 Å². The number of nitrogens with zero attached hydrogens (tertiary/aromatic N) is 3. The predicted molar refractivity (Wildman–Crippen MR) is 62.5 cm³/mol. The van der Waals surface area contributed by atoms with Gasteiger partial charge in [0.05, 0.1) is 27.4 Å². The fourth-order valence-corrected chi connectivity index (χ4v) is 2.34. The Hall–Kier alpha value is -1.14. The summed E-state index contributed by atoms with van der Waals surface area (Å²) in [5.74, 6) is 0. The van der Waals surface area contributed by atoms with Crippen molar-refractivity contribution in [3.8, 4) is 0 Å². The van der Waals surface area contributed by atoms with Crippen molar-refractivity contribution in [2.24, 2.45) is 0 Å². The Morgan fingerprint density at radius 1 is 1.13 bits per heavy atom. The van der Waals surface area contributed by atoms with E-state index in [0.29, 0.717) is 5.69 Å². The number of rotatable bonds is 2. The molecule has 2 aromatic heterocycles. The molecule has 4 nitrogen and oxygen atoms in total. The third-order valence-corrected chi connectivity index (χ3v) is 3.57. The molecule has 76 valence electrons. The average Bonchev–Trinajstić information content (AvgIpc) is 2.25. The highest BCUT2D eigenvalue weighted by atomic mass is 79.9. The molecule has 0 spiro atoms. The van der Waals surface area contributed by atoms with E-state index in [1.165, 1.54) is 11.8 Å². The summed E-state index contributed by atoms with van der Waals surface area (Å²) in [6, 6.07) is 0. The molecule has 0 aliphatic rings. The molecule has 2 rings (SSSR count). The molecule has 0 radical (unpaired) electrons. The van der Waals surface area contributed by atoms with Crippen LogP contribution in [0, 0.1) is 0 Å². The number of aromatic nitrogens is 3. The molecule has 0 fully saturated rings. The van der Waals surface area contributed by atoms with Crippen molar-refractivity contribution in [3.63, 3.8) is 0 Å². The van der Waals surface area contributed by atoms with Crippen LogP contribution in [0.25, 0.3) is 0 Å². The molecular weight excluding hydrogens is 276 g/mol. The summed E-state index contributed by atoms with van der Waals surface area (Å²) >= 11 is 4.85. The van der Waals surface area contributed by atoms with Crippen LogP contribution in [0.15, 0.2) is 45.4 Å². The molecule has 2 heterocycles. The van der Waals surface area contributed by atoms with Crippen LogP contribution < -0.4 is 5.73 Å². The molecular formula is C9H7BrN4S. The summed E-state index contributed by atoms with van der Waals surface area (Å²) in [7, 11) is 0. The molecule has 0 aliphatic carbocycles. The van der Waals surface area contributed by atoms with Crippen LogP contribution in [0.2, 0.25) is 0 Å². The zero-order valence-corrected chi connectivity index (χ0v) is 9.99. The van der Waals surface area contributed by atoms with Gasteiger partial charge in [-0.15, -0.1) is 0 Å². The first-order chi connectivity index (χ1) is 7.27. The molecule has 0 amide bonds. The normalized spacial score (nSPS) is 10.2. The van der Waals surface area contributed by atoms with Crippen LogP contribution in [0.3, 0.4) is 0 Å². The smallest absolute Gasteiger partial charge is 0.119 e. The van der Waals surface area contributed by atoms with Crippen molar-refractivity contribution in [1.82, 2.24) is 15.0 Å². The maximum absolute atomic E-state index is 5.81. The van der Waals surface area contributed by atoms with E-state index in [9.17, 15) is 0 Å². The summed E-state index contributed by atoms with van der Waals surface area (Å²) < 4.78 is 0.859. The number of anilines is 1. The van der Waals surface area contributed by atoms with Gasteiger partial charge in [-0.25, -0.2) is 4.98 Å². The van der Waals surface area contributed by atoms with Crippen LogP contribution >= 0.6 is 27.7 Å². The largest absolute Gasteiger partial charge is 0.397 e. The maximum Gasteiger partial charge on any atom is 0.119 e. The Morgan fingerprint density at radius 3 is 2.67 bits per heavy atom. The minimum absolute atomic E-state index is 0.625. The van der Waals surface area contributed by atoms with E-state index in [-0.39, 0.29) is 0 Å². The Kier molecular flexibility index (Phi) is 3.17. The van der Waals surface area contributed by atoms with Crippen molar-refractivity contribution in [3.05, 3.63) is 35.5 Å². The highest BCUT2D eigenvalue weighted by Crippen LogP contribution is 2.35. The van der Waals surface area contributed by atoms with Gasteiger partial charge in [-0.2, -0.15) is 0 Å². The van der Waals surface area contributed by atoms with Crippen LogP contribution in [0.5, 0.6) is 0 Å². The van der Waals surface area contributed by atoms with Crippen molar-refractivity contribution in [2.75, 3.05) is 5.73 Å². The van der Waals surface area contributed by atoms with Gasteiger partial charge in [-0.1, -0.05) is 11.8 Å². The molecule has 0 bridgehead atoms. The average molecular weight is 283 g/mol. The monoisotopic (exact) mass is 282 g/mol. The Bertz CT molecular complexity index is 443. The molecule has 0 saturated carbocycles. The summed E-state index contributed by atoms with van der Waals surface area (Å²) in [5.41, 5.74) is 6.43. The fraction of sp³-hybridized carbons (Fsp3) is 0. The molecule has 0 saturated heterocycles. The summed E-state index contributed by atoms with van der Waals surface area (Å²) in [4.78, 5) is 13.0. The maximum atomic E-state index is 5.81. The number of pyridine rings is 1. The zero-order chi connectivity index (χ0) is 10.7. The third-order valence-electron chi connectivity index (χ3n) is 1.63. The first-order valence-corrected chi connectivity index (χ1v) is 5.71. The van der Waals surface area contributed by atoms with Gasteiger partial charge >= 0.3 is 0 Å². The van der Waals surface area contributed by atoms with E-state index in [1.54, 1.807) is 31.0 Å². The molecule has 0 unspecified atom stereocenters. The van der Waals surface area contributed by atoms with E-state index in [1.807, 2.05) is 0 Å². The van der Waals surface area contributed by atoms with Gasteiger partial charge < -0.3 is 5.73 Å². The fourth-order valence-electron chi connectivity index (χ4n) is 0.989. The molecule has 0 atom stereocenters. The quantitative estimate of drug-likeness (QED) is 0.916. The standard InChI is InChI=1S/C9H7BrN4S/c10-6-3-13-4-7(11)9(6)15-8-5-12-1-2-14-8/h1-5H,11H2. The van der Waals surface area contributed by atoms with Crippen molar-refractivity contribution in [2.45, 2.75) is 9.92 Å². The molecule has 2 aromatic rings. The van der Waals surface area contributed by atoms with Crippen LogP contribution in [-0.4, -0.2) is 15.0 Å². The van der Waals surface area contributed by atoms with Gasteiger partial charge in [0, 0.05) is 18.6 Å². The third kappa shape index (κ3) is 2.45. The second-order valence-electron chi connectivity index (χ2n) is 2.69. The molecule has 0 aliphatic heterocycles. The van der Waals surface area contributed by atoms with Gasteiger partial charge in [0.2, 0.25) is 0 Å². The first kappa shape index (κ1) is 10.4. The van der Waals surface area contributed by atoms with Crippen molar-refractivity contribution >= 4 is 33.4 Å². The van der Waals surface area contributed by atoms with Crippen LogP contribution in [0.4, 0.5) is 5.69 Å². The molecule has 2 N–H and O–H groups in total. The first-order valence-electron chi connectivity index (χ1n) is 4.10. The van der Waals surface area contributed by atoms with Gasteiger partial charge in [0.1, 0.15) is 5.03 Å². The number of hydrogen-bond acceptors (Lipinski definition) is 5. The number of halogens is 1. The van der Waals surface area contributed by atoms with Gasteiger partial charge in [0.15, 0.2) is 0 Å². The van der Waals surface area contributed by atoms with E-state index in [4.69, 9.17) is 5.73 Å².